The normalized spacial score (nSPS) is 11.2. The molecule has 0 aliphatic heterocycles. The van der Waals surface area contributed by atoms with Crippen LogP contribution in [0.1, 0.15) is 125 Å². The molecule has 10 nitrogen and oxygen atoms in total. The molecule has 5 heterocycles. The zero-order valence-electron chi connectivity index (χ0n) is 69.0. The average molecular weight is 1490 g/mol. The molecule has 0 fully saturated rings. The van der Waals surface area contributed by atoms with Crippen LogP contribution in [0.25, 0.3) is 111 Å². The summed E-state index contributed by atoms with van der Waals surface area (Å²) in [4.78, 5) is 22.7. The fraction of sp³-hybridized carbons (Fsp3) is 0.271. The molecule has 15 aromatic rings. The van der Waals surface area contributed by atoms with Gasteiger partial charge in [0.2, 0.25) is 0 Å². The van der Waals surface area contributed by atoms with Crippen molar-refractivity contribution >= 4 is 54.5 Å². The maximum atomic E-state index is 14.3. The summed E-state index contributed by atoms with van der Waals surface area (Å²) in [7, 11) is 9.92. The standard InChI is InChI=1S/C21H24FN2.3C19H20FN2.C18H18FN2/c1-12(2)16-8-7-9-17-20(16)23-11-24(6)21(17)18-10-13(3)19(22)15(5)14(18)4;1-11-6-7-17-16(8-11)19(22(5)10-21-17)15-9-12(2)18(20)14(4)13(15)3;1-11-6-7-15-17(8-11)21-10-22(5)19(15)16-9-12(2)18(20)14(4)13(16)3;1-11-7-6-8-15-18(11)21-10-22(5)19(15)16-9-12(2)17(20)14(4)13(16)3;1-11-9-15(12(2)13(3)17(11)19)18-14-7-5-6-8-16(14)20-10-21(18)4/h7-12H,1-6H3;3*6-10H,1-5H3;5-10H,1-4H3/q5*+1. The van der Waals surface area contributed by atoms with Crippen LogP contribution >= 0.6 is 0 Å². The summed E-state index contributed by atoms with van der Waals surface area (Å²) >= 11 is 0. The van der Waals surface area contributed by atoms with Gasteiger partial charge in [-0.15, -0.1) is 0 Å². The van der Waals surface area contributed by atoms with Crippen LogP contribution in [0.3, 0.4) is 0 Å². The molecule has 0 bridgehead atoms. The number of fused-ring (bicyclic) bond motifs is 5. The number of rotatable bonds is 6. The van der Waals surface area contributed by atoms with Crippen molar-refractivity contribution in [1.29, 1.82) is 0 Å². The Hall–Kier alpha value is -11.5. The van der Waals surface area contributed by atoms with Gasteiger partial charge in [0, 0.05) is 38.9 Å². The average Bonchev–Trinajstić information content (AvgIpc) is 0.804. The third-order valence-electron chi connectivity index (χ3n) is 22.3. The lowest BCUT2D eigenvalue weighted by molar-refractivity contribution is -0.662. The van der Waals surface area contributed by atoms with Crippen molar-refractivity contribution in [1.82, 2.24) is 24.9 Å². The Morgan fingerprint density at radius 2 is 0.550 bits per heavy atom. The van der Waals surface area contributed by atoms with Gasteiger partial charge in [-0.05, 0) is 323 Å². The van der Waals surface area contributed by atoms with Crippen molar-refractivity contribution in [3.05, 3.63) is 294 Å². The molecule has 15 heteroatoms. The van der Waals surface area contributed by atoms with Gasteiger partial charge >= 0.3 is 0 Å². The Kier molecular flexibility index (Phi) is 23.7. The lowest BCUT2D eigenvalue weighted by atomic mass is 9.93. The van der Waals surface area contributed by atoms with Crippen molar-refractivity contribution < 1.29 is 44.8 Å². The van der Waals surface area contributed by atoms with Gasteiger partial charge in [0.25, 0.3) is 31.6 Å². The van der Waals surface area contributed by atoms with E-state index in [0.29, 0.717) is 56.0 Å². The lowest BCUT2D eigenvalue weighted by Crippen LogP contribution is -2.32. The van der Waals surface area contributed by atoms with Crippen molar-refractivity contribution in [2.24, 2.45) is 35.2 Å². The van der Waals surface area contributed by atoms with Crippen LogP contribution in [0.2, 0.25) is 0 Å². The van der Waals surface area contributed by atoms with Gasteiger partial charge < -0.3 is 0 Å². The molecule has 0 unspecified atom stereocenters. The van der Waals surface area contributed by atoms with E-state index in [-0.39, 0.29) is 29.1 Å². The van der Waals surface area contributed by atoms with Gasteiger partial charge in [-0.25, -0.2) is 44.8 Å². The van der Waals surface area contributed by atoms with Gasteiger partial charge in [-0.1, -0.05) is 67.9 Å². The summed E-state index contributed by atoms with van der Waals surface area (Å²) in [6.07, 6.45) is 9.14. The van der Waals surface area contributed by atoms with Gasteiger partial charge in [0.1, 0.15) is 57.6 Å². The Morgan fingerprint density at radius 3 is 0.955 bits per heavy atom. The monoisotopic (exact) mass is 1490 g/mol. The zero-order chi connectivity index (χ0) is 80.8. The molecule has 0 saturated carbocycles. The van der Waals surface area contributed by atoms with Crippen molar-refractivity contribution in [3.63, 3.8) is 0 Å². The number of aromatic nitrogens is 10. The summed E-state index contributed by atoms with van der Waals surface area (Å²) in [6, 6.07) is 42.8. The molecule has 0 saturated heterocycles. The van der Waals surface area contributed by atoms with Crippen molar-refractivity contribution in [3.8, 4) is 56.3 Å². The van der Waals surface area contributed by atoms with E-state index in [2.05, 4.69) is 126 Å². The summed E-state index contributed by atoms with van der Waals surface area (Å²) in [5, 5.41) is 5.47. The predicted molar refractivity (Wildman–Crippen MR) is 441 cm³/mol. The molecule has 0 aliphatic carbocycles. The summed E-state index contributed by atoms with van der Waals surface area (Å²) < 4.78 is 80.8. The van der Waals surface area contributed by atoms with Crippen LogP contribution in [-0.2, 0) is 35.2 Å². The Bertz CT molecular complexity index is 6160. The van der Waals surface area contributed by atoms with E-state index in [0.717, 1.165) is 150 Å². The van der Waals surface area contributed by atoms with Crippen LogP contribution in [0.5, 0.6) is 0 Å². The number of benzene rings is 10. The van der Waals surface area contributed by atoms with Gasteiger partial charge in [-0.2, -0.15) is 0 Å². The fourth-order valence-corrected chi connectivity index (χ4v) is 15.2. The molecule has 0 amide bonds. The zero-order valence-corrected chi connectivity index (χ0v) is 69.0. The van der Waals surface area contributed by atoms with E-state index >= 15 is 0 Å². The number of halogens is 5. The van der Waals surface area contributed by atoms with Gasteiger partial charge in [-0.3, -0.25) is 0 Å². The number of aryl methyl sites for hydroxylation is 13. The highest BCUT2D eigenvalue weighted by Crippen LogP contribution is 2.38. The SMILES string of the molecule is Cc1cc(-c2c3cccc(C(C)C)c3nc[n+]2C)c(C)c(C)c1F.Cc1cc(-c2c3cccc(C)c3nc[n+]2C)c(C)c(C)c1F.Cc1cc(-c2c3ccccc3nc[n+]2C)c(C)c(C)c1F.Cc1ccc2c(-c3cc(C)c(F)c(C)c3C)[n+](C)cnc2c1.Cc1ccc2nc[n+](C)c(-c3cc(C)c(F)c(C)c3C)c2c1. The first-order chi connectivity index (χ1) is 52.5. The summed E-state index contributed by atoms with van der Waals surface area (Å²) in [5.41, 5.74) is 32.2. The molecular weight excluding hydrogens is 1390 g/mol. The minimum atomic E-state index is -0.114. The molecule has 5 aromatic heterocycles. The van der Waals surface area contributed by atoms with Crippen LogP contribution < -0.4 is 22.8 Å². The second-order valence-electron chi connectivity index (χ2n) is 30.5. The van der Waals surface area contributed by atoms with E-state index in [1.54, 1.807) is 0 Å². The quantitative estimate of drug-likeness (QED) is 0.122. The van der Waals surface area contributed by atoms with E-state index in [9.17, 15) is 22.0 Å². The van der Waals surface area contributed by atoms with E-state index in [1.165, 1.54) is 16.7 Å². The highest BCUT2D eigenvalue weighted by atomic mass is 19.1. The first kappa shape index (κ1) is 80.6. The van der Waals surface area contributed by atoms with E-state index < -0.39 is 0 Å². The number of para-hydroxylation sites is 3. The molecule has 0 N–H and O–H groups in total. The first-order valence-electron chi connectivity index (χ1n) is 37.6. The molecular formula is C96H102F5N10+5. The molecule has 0 spiro atoms. The van der Waals surface area contributed by atoms with Crippen molar-refractivity contribution in [2.45, 2.75) is 144 Å². The van der Waals surface area contributed by atoms with Crippen LogP contribution in [-0.4, -0.2) is 24.9 Å². The number of hydrogen-bond acceptors (Lipinski definition) is 5. The smallest absolute Gasteiger partial charge is 0.232 e. The molecule has 0 atom stereocenters. The first-order valence-corrected chi connectivity index (χ1v) is 37.6. The molecule has 111 heavy (non-hydrogen) atoms. The minimum Gasteiger partial charge on any atom is -0.232 e. The fourth-order valence-electron chi connectivity index (χ4n) is 15.2. The third kappa shape index (κ3) is 15.6. The highest BCUT2D eigenvalue weighted by Gasteiger charge is 2.27. The summed E-state index contributed by atoms with van der Waals surface area (Å²) in [5.74, 6) is -0.160. The molecule has 0 radical (unpaired) electrons. The number of nitrogens with zero attached hydrogens (tertiary/aromatic N) is 10. The largest absolute Gasteiger partial charge is 0.287 e. The summed E-state index contributed by atoms with van der Waals surface area (Å²) in [6.45, 7) is 38.8. The second-order valence-corrected chi connectivity index (χ2v) is 30.5. The maximum absolute atomic E-state index is 14.3. The molecule has 566 valence electrons. The highest BCUT2D eigenvalue weighted by molar-refractivity contribution is 5.97. The topological polar surface area (TPSA) is 83.9 Å². The maximum Gasteiger partial charge on any atom is 0.287 e. The molecule has 10 aromatic carbocycles. The van der Waals surface area contributed by atoms with Gasteiger partial charge in [0.05, 0.1) is 62.2 Å². The minimum absolute atomic E-state index is 0.111. The molecule has 0 aliphatic rings. The Morgan fingerprint density at radius 1 is 0.252 bits per heavy atom. The number of hydrogen-bond donors (Lipinski definition) is 0. The Balaban J connectivity index is 0.000000137. The molecule has 15 rings (SSSR count). The predicted octanol–water partition coefficient (Wildman–Crippen LogP) is 21.0. The van der Waals surface area contributed by atoms with Crippen LogP contribution in [0.4, 0.5) is 22.0 Å². The second kappa shape index (κ2) is 32.6. The van der Waals surface area contributed by atoms with Crippen LogP contribution in [0, 0.1) is 154 Å². The van der Waals surface area contributed by atoms with E-state index in [1.807, 2.05) is 254 Å². The van der Waals surface area contributed by atoms with Crippen molar-refractivity contribution in [2.75, 3.05) is 0 Å². The Labute approximate surface area is 650 Å². The van der Waals surface area contributed by atoms with E-state index in [4.69, 9.17) is 0 Å². The van der Waals surface area contributed by atoms with Gasteiger partial charge in [0.15, 0.2) is 27.6 Å². The lowest BCUT2D eigenvalue weighted by Gasteiger charge is -2.14. The van der Waals surface area contributed by atoms with Crippen LogP contribution in [0.15, 0.2) is 159 Å². The third-order valence-corrected chi connectivity index (χ3v) is 22.3.